The molecule has 0 saturated carbocycles. The van der Waals surface area contributed by atoms with Gasteiger partial charge in [-0.2, -0.15) is 8.78 Å². The standard InChI is InChI=1S/C12H13ClF2O4/c13-5-1-2-7-3-4-8(10(16)11(17)18)9(6-7)19-12(14)15/h3-4,6,10,12,16H,1-2,5H2,(H,17,18). The second kappa shape index (κ2) is 7.25. The van der Waals surface area contributed by atoms with Crippen molar-refractivity contribution < 1.29 is 28.5 Å². The molecule has 0 spiro atoms. The summed E-state index contributed by atoms with van der Waals surface area (Å²) in [6.45, 7) is -3.09. The zero-order valence-electron chi connectivity index (χ0n) is 9.85. The van der Waals surface area contributed by atoms with Crippen LogP contribution in [0.2, 0.25) is 0 Å². The maximum atomic E-state index is 12.3. The second-order valence-corrected chi connectivity index (χ2v) is 4.16. The van der Waals surface area contributed by atoms with Gasteiger partial charge in [-0.15, -0.1) is 11.6 Å². The van der Waals surface area contributed by atoms with Gasteiger partial charge in [0.2, 0.25) is 0 Å². The highest BCUT2D eigenvalue weighted by Crippen LogP contribution is 2.28. The van der Waals surface area contributed by atoms with Crippen molar-refractivity contribution in [3.05, 3.63) is 29.3 Å². The van der Waals surface area contributed by atoms with Crippen LogP contribution in [-0.4, -0.2) is 28.7 Å². The molecule has 1 aromatic carbocycles. The second-order valence-electron chi connectivity index (χ2n) is 3.78. The van der Waals surface area contributed by atoms with Crippen molar-refractivity contribution in [2.24, 2.45) is 0 Å². The summed E-state index contributed by atoms with van der Waals surface area (Å²) in [5.74, 6) is -1.45. The molecule has 0 aliphatic rings. The van der Waals surface area contributed by atoms with E-state index < -0.39 is 18.7 Å². The lowest BCUT2D eigenvalue weighted by molar-refractivity contribution is -0.147. The van der Waals surface area contributed by atoms with Crippen LogP contribution in [-0.2, 0) is 11.2 Å². The van der Waals surface area contributed by atoms with Crippen LogP contribution in [0.15, 0.2) is 18.2 Å². The summed E-state index contributed by atoms with van der Waals surface area (Å²) in [6, 6.07) is 4.10. The molecule has 7 heteroatoms. The van der Waals surface area contributed by atoms with Gasteiger partial charge in [0.1, 0.15) is 5.75 Å². The lowest BCUT2D eigenvalue weighted by atomic mass is 10.0. The summed E-state index contributed by atoms with van der Waals surface area (Å²) in [5.41, 5.74) is 0.472. The number of aliphatic carboxylic acids is 1. The van der Waals surface area contributed by atoms with Crippen LogP contribution in [0.25, 0.3) is 0 Å². The zero-order chi connectivity index (χ0) is 14.4. The van der Waals surface area contributed by atoms with E-state index in [2.05, 4.69) is 4.74 Å². The Labute approximate surface area is 113 Å². The van der Waals surface area contributed by atoms with Crippen molar-refractivity contribution >= 4 is 17.6 Å². The van der Waals surface area contributed by atoms with Crippen LogP contribution in [0.3, 0.4) is 0 Å². The molecule has 0 radical (unpaired) electrons. The van der Waals surface area contributed by atoms with Gasteiger partial charge in [0.25, 0.3) is 0 Å². The smallest absolute Gasteiger partial charge is 0.387 e. The van der Waals surface area contributed by atoms with Crippen LogP contribution in [0.5, 0.6) is 5.75 Å². The number of ether oxygens (including phenoxy) is 1. The first-order chi connectivity index (χ1) is 8.95. The Balaban J connectivity index is 3.05. The van der Waals surface area contributed by atoms with E-state index in [-0.39, 0.29) is 11.3 Å². The average Bonchev–Trinajstić information content (AvgIpc) is 2.35. The summed E-state index contributed by atoms with van der Waals surface area (Å²) >= 11 is 5.53. The molecule has 106 valence electrons. The van der Waals surface area contributed by atoms with E-state index in [1.807, 2.05) is 0 Å². The van der Waals surface area contributed by atoms with Crippen LogP contribution in [0.4, 0.5) is 8.78 Å². The van der Waals surface area contributed by atoms with E-state index in [0.717, 1.165) is 0 Å². The maximum absolute atomic E-state index is 12.3. The molecule has 1 unspecified atom stereocenters. The molecule has 0 fully saturated rings. The topological polar surface area (TPSA) is 66.8 Å². The first kappa shape index (κ1) is 15.7. The fraction of sp³-hybridized carbons (Fsp3) is 0.417. The molecule has 4 nitrogen and oxygen atoms in total. The minimum atomic E-state index is -3.09. The van der Waals surface area contributed by atoms with Gasteiger partial charge >= 0.3 is 12.6 Å². The highest BCUT2D eigenvalue weighted by atomic mass is 35.5. The molecule has 0 aliphatic heterocycles. The number of hydrogen-bond acceptors (Lipinski definition) is 3. The van der Waals surface area contributed by atoms with Crippen LogP contribution in [0, 0.1) is 0 Å². The minimum Gasteiger partial charge on any atom is -0.479 e. The highest BCUT2D eigenvalue weighted by molar-refractivity contribution is 6.17. The fourth-order valence-electron chi connectivity index (χ4n) is 1.56. The number of halogens is 3. The van der Waals surface area contributed by atoms with Gasteiger partial charge in [0, 0.05) is 11.4 Å². The van der Waals surface area contributed by atoms with Crippen molar-refractivity contribution in [2.45, 2.75) is 25.6 Å². The van der Waals surface area contributed by atoms with Crippen LogP contribution in [0.1, 0.15) is 23.7 Å². The van der Waals surface area contributed by atoms with E-state index in [1.54, 1.807) is 6.07 Å². The van der Waals surface area contributed by atoms with Crippen molar-refractivity contribution in [1.29, 1.82) is 0 Å². The third kappa shape index (κ3) is 4.65. The summed E-state index contributed by atoms with van der Waals surface area (Å²) in [5, 5.41) is 18.1. The monoisotopic (exact) mass is 294 g/mol. The summed E-state index contributed by atoms with van der Waals surface area (Å²) in [4.78, 5) is 10.7. The van der Waals surface area contributed by atoms with Crippen molar-refractivity contribution in [1.82, 2.24) is 0 Å². The number of benzene rings is 1. The lowest BCUT2D eigenvalue weighted by Crippen LogP contribution is -2.14. The molecule has 0 aromatic heterocycles. The number of hydrogen-bond donors (Lipinski definition) is 2. The van der Waals surface area contributed by atoms with Crippen LogP contribution >= 0.6 is 11.6 Å². The molecule has 19 heavy (non-hydrogen) atoms. The number of aliphatic hydroxyl groups excluding tert-OH is 1. The number of carboxylic acids is 1. The van der Waals surface area contributed by atoms with Gasteiger partial charge < -0.3 is 14.9 Å². The predicted octanol–water partition coefficient (Wildman–Crippen LogP) is 2.58. The number of carboxylic acid groups (broad SMARTS) is 1. The molecular weight excluding hydrogens is 282 g/mol. The third-order valence-corrected chi connectivity index (χ3v) is 2.69. The van der Waals surface area contributed by atoms with Gasteiger partial charge in [-0.1, -0.05) is 12.1 Å². The van der Waals surface area contributed by atoms with E-state index in [4.69, 9.17) is 16.7 Å². The van der Waals surface area contributed by atoms with Gasteiger partial charge in [0.15, 0.2) is 6.10 Å². The third-order valence-electron chi connectivity index (χ3n) is 2.42. The molecule has 1 aromatic rings. The molecule has 2 N–H and O–H groups in total. The van der Waals surface area contributed by atoms with E-state index in [9.17, 15) is 18.7 Å². The Hall–Kier alpha value is -1.40. The van der Waals surface area contributed by atoms with Gasteiger partial charge in [0.05, 0.1) is 0 Å². The number of alkyl halides is 3. The fourth-order valence-corrected chi connectivity index (χ4v) is 1.70. The molecule has 0 bridgehead atoms. The van der Waals surface area contributed by atoms with Crippen molar-refractivity contribution in [3.63, 3.8) is 0 Å². The molecule has 0 heterocycles. The Morgan fingerprint density at radius 2 is 2.11 bits per heavy atom. The summed E-state index contributed by atoms with van der Waals surface area (Å²) in [6.07, 6.45) is -0.709. The Kier molecular flexibility index (Phi) is 5.98. The number of aryl methyl sites for hydroxylation is 1. The first-order valence-corrected chi connectivity index (χ1v) is 6.03. The maximum Gasteiger partial charge on any atom is 0.387 e. The lowest BCUT2D eigenvalue weighted by Gasteiger charge is -2.14. The molecule has 0 amide bonds. The number of carbonyl (C=O) groups is 1. The summed E-state index contributed by atoms with van der Waals surface area (Å²) in [7, 11) is 0. The SMILES string of the molecule is O=C(O)C(O)c1ccc(CCCCl)cc1OC(F)F. The Bertz CT molecular complexity index is 440. The van der Waals surface area contributed by atoms with Crippen molar-refractivity contribution in [2.75, 3.05) is 5.88 Å². The number of aliphatic hydroxyl groups is 1. The molecule has 1 rings (SSSR count). The average molecular weight is 295 g/mol. The summed E-state index contributed by atoms with van der Waals surface area (Å²) < 4.78 is 28.8. The van der Waals surface area contributed by atoms with E-state index in [1.165, 1.54) is 12.1 Å². The quantitative estimate of drug-likeness (QED) is 0.759. The van der Waals surface area contributed by atoms with Crippen molar-refractivity contribution in [3.8, 4) is 5.75 Å². The first-order valence-electron chi connectivity index (χ1n) is 5.50. The van der Waals surface area contributed by atoms with Gasteiger partial charge in [-0.25, -0.2) is 4.79 Å². The number of rotatable bonds is 7. The van der Waals surface area contributed by atoms with Crippen LogP contribution < -0.4 is 4.74 Å². The van der Waals surface area contributed by atoms with E-state index >= 15 is 0 Å². The predicted molar refractivity (Wildman–Crippen MR) is 64.7 cm³/mol. The molecule has 0 saturated heterocycles. The molecule has 0 aliphatic carbocycles. The normalized spacial score (nSPS) is 12.5. The van der Waals surface area contributed by atoms with Gasteiger partial charge in [-0.05, 0) is 24.5 Å². The Morgan fingerprint density at radius 3 is 2.63 bits per heavy atom. The molecular formula is C12H13ClF2O4. The largest absolute Gasteiger partial charge is 0.479 e. The zero-order valence-corrected chi connectivity index (χ0v) is 10.6. The van der Waals surface area contributed by atoms with Gasteiger partial charge in [-0.3, -0.25) is 0 Å². The Morgan fingerprint density at radius 1 is 1.42 bits per heavy atom. The highest BCUT2D eigenvalue weighted by Gasteiger charge is 2.22. The van der Waals surface area contributed by atoms with E-state index in [0.29, 0.717) is 24.3 Å². The minimum absolute atomic E-state index is 0.206. The molecule has 1 atom stereocenters.